The van der Waals surface area contributed by atoms with Gasteiger partial charge in [-0.3, -0.25) is 14.7 Å². The summed E-state index contributed by atoms with van der Waals surface area (Å²) in [5.41, 5.74) is 0.558. The lowest BCUT2D eigenvalue weighted by molar-refractivity contribution is 0.0774. The Kier molecular flexibility index (Phi) is 4.51. The van der Waals surface area contributed by atoms with Crippen molar-refractivity contribution in [3.05, 3.63) is 64.2 Å². The van der Waals surface area contributed by atoms with Gasteiger partial charge in [-0.1, -0.05) is 37.2 Å². The molecule has 130 valence electrons. The first kappa shape index (κ1) is 16.7. The Labute approximate surface area is 144 Å². The van der Waals surface area contributed by atoms with Crippen molar-refractivity contribution in [3.8, 4) is 5.69 Å². The van der Waals surface area contributed by atoms with Gasteiger partial charge in [-0.15, -0.1) is 0 Å². The Balaban J connectivity index is 1.77. The Bertz CT molecular complexity index is 923. The molecule has 0 radical (unpaired) electrons. The number of nitrogens with one attached hydrogen (secondary N) is 1. The number of para-hydroxylation sites is 1. The monoisotopic (exact) mass is 341 g/mol. The van der Waals surface area contributed by atoms with E-state index in [9.17, 15) is 9.59 Å². The largest absolute Gasteiger partial charge is 0.339 e. The number of H-pyrrole nitrogens is 1. The fourth-order valence-corrected chi connectivity index (χ4v) is 2.33. The van der Waals surface area contributed by atoms with Gasteiger partial charge in [0.15, 0.2) is 5.82 Å². The summed E-state index contributed by atoms with van der Waals surface area (Å²) >= 11 is 0. The van der Waals surface area contributed by atoms with Gasteiger partial charge >= 0.3 is 0 Å². The minimum atomic E-state index is -0.331. The van der Waals surface area contributed by atoms with Crippen molar-refractivity contribution in [1.82, 2.24) is 24.8 Å². The zero-order chi connectivity index (χ0) is 18.0. The second-order valence-electron chi connectivity index (χ2n) is 6.04. The molecule has 8 heteroatoms. The van der Waals surface area contributed by atoms with E-state index in [1.54, 1.807) is 19.2 Å². The van der Waals surface area contributed by atoms with E-state index in [0.29, 0.717) is 17.4 Å². The molecule has 0 spiro atoms. The normalized spacial score (nSPS) is 11.0. The summed E-state index contributed by atoms with van der Waals surface area (Å²) in [6.45, 7) is 4.08. The maximum atomic E-state index is 12.5. The van der Waals surface area contributed by atoms with Crippen LogP contribution in [0, 0.1) is 0 Å². The van der Waals surface area contributed by atoms with Crippen LogP contribution in [0.15, 0.2) is 45.7 Å². The molecule has 25 heavy (non-hydrogen) atoms. The van der Waals surface area contributed by atoms with E-state index in [4.69, 9.17) is 4.52 Å². The van der Waals surface area contributed by atoms with E-state index in [1.165, 1.54) is 15.6 Å². The van der Waals surface area contributed by atoms with Crippen LogP contribution in [-0.4, -0.2) is 37.8 Å². The van der Waals surface area contributed by atoms with Crippen LogP contribution in [0.25, 0.3) is 5.69 Å². The second-order valence-corrected chi connectivity index (χ2v) is 6.04. The molecule has 0 fully saturated rings. The first-order valence-electron chi connectivity index (χ1n) is 7.91. The molecule has 0 aliphatic carbocycles. The molecule has 0 aliphatic rings. The first-order valence-corrected chi connectivity index (χ1v) is 7.91. The van der Waals surface area contributed by atoms with E-state index in [1.807, 2.05) is 32.0 Å². The predicted molar refractivity (Wildman–Crippen MR) is 90.6 cm³/mol. The number of benzene rings is 1. The third kappa shape index (κ3) is 3.52. The van der Waals surface area contributed by atoms with Crippen LogP contribution in [0.3, 0.4) is 0 Å². The van der Waals surface area contributed by atoms with Crippen LogP contribution < -0.4 is 5.56 Å². The molecule has 1 N–H and O–H groups in total. The average Bonchev–Trinajstić information content (AvgIpc) is 3.22. The average molecular weight is 341 g/mol. The molecule has 0 atom stereocenters. The molecule has 1 aromatic carbocycles. The SMILES string of the molecule is CC(C)c1nc(CN(C)C(=O)c2cc(=O)n(-c3ccccc3)[nH]2)no1. The smallest absolute Gasteiger partial charge is 0.272 e. The van der Waals surface area contributed by atoms with E-state index >= 15 is 0 Å². The summed E-state index contributed by atoms with van der Waals surface area (Å²) in [7, 11) is 1.62. The van der Waals surface area contributed by atoms with E-state index in [2.05, 4.69) is 15.2 Å². The molecule has 0 bridgehead atoms. The van der Waals surface area contributed by atoms with Crippen molar-refractivity contribution in [1.29, 1.82) is 0 Å². The quantitative estimate of drug-likeness (QED) is 0.765. The van der Waals surface area contributed by atoms with Crippen LogP contribution in [0.1, 0.15) is 42.0 Å². The molecule has 3 rings (SSSR count). The van der Waals surface area contributed by atoms with Crippen molar-refractivity contribution in [2.75, 3.05) is 7.05 Å². The number of amides is 1. The van der Waals surface area contributed by atoms with Gasteiger partial charge in [-0.05, 0) is 12.1 Å². The van der Waals surface area contributed by atoms with Crippen molar-refractivity contribution in [3.63, 3.8) is 0 Å². The first-order chi connectivity index (χ1) is 12.0. The molecule has 0 saturated carbocycles. The summed E-state index contributed by atoms with van der Waals surface area (Å²) in [5.74, 6) is 0.741. The maximum absolute atomic E-state index is 12.5. The van der Waals surface area contributed by atoms with E-state index in [0.717, 1.165) is 0 Å². The Hall–Kier alpha value is -3.16. The Morgan fingerprint density at radius 1 is 1.32 bits per heavy atom. The zero-order valence-corrected chi connectivity index (χ0v) is 14.3. The lowest BCUT2D eigenvalue weighted by Crippen LogP contribution is -2.27. The molecule has 3 aromatic rings. The maximum Gasteiger partial charge on any atom is 0.272 e. The van der Waals surface area contributed by atoms with Crippen LogP contribution >= 0.6 is 0 Å². The second kappa shape index (κ2) is 6.76. The fraction of sp³-hybridized carbons (Fsp3) is 0.294. The molecule has 8 nitrogen and oxygen atoms in total. The van der Waals surface area contributed by atoms with Gasteiger partial charge in [0.05, 0.1) is 12.2 Å². The van der Waals surface area contributed by atoms with Crippen molar-refractivity contribution in [2.24, 2.45) is 0 Å². The highest BCUT2D eigenvalue weighted by atomic mass is 16.5. The number of carbonyl (C=O) groups is 1. The van der Waals surface area contributed by atoms with Gasteiger partial charge in [0.1, 0.15) is 5.69 Å². The van der Waals surface area contributed by atoms with Crippen LogP contribution in [0.5, 0.6) is 0 Å². The van der Waals surface area contributed by atoms with Crippen molar-refractivity contribution in [2.45, 2.75) is 26.3 Å². The molecule has 2 aromatic heterocycles. The summed E-state index contributed by atoms with van der Waals surface area (Å²) in [4.78, 5) is 30.3. The minimum Gasteiger partial charge on any atom is -0.339 e. The summed E-state index contributed by atoms with van der Waals surface area (Å²) in [5, 5.41) is 6.70. The van der Waals surface area contributed by atoms with E-state index < -0.39 is 0 Å². The third-order valence-electron chi connectivity index (χ3n) is 3.67. The van der Waals surface area contributed by atoms with Gasteiger partial charge in [0.25, 0.3) is 11.5 Å². The van der Waals surface area contributed by atoms with Gasteiger partial charge in [0, 0.05) is 19.0 Å². The highest BCUT2D eigenvalue weighted by Crippen LogP contribution is 2.12. The van der Waals surface area contributed by atoms with Crippen LogP contribution in [0.4, 0.5) is 0 Å². The number of hydrogen-bond acceptors (Lipinski definition) is 5. The molecule has 0 unspecified atom stereocenters. The molecule has 2 heterocycles. The Morgan fingerprint density at radius 3 is 2.68 bits per heavy atom. The molecule has 0 saturated heterocycles. The summed E-state index contributed by atoms with van der Waals surface area (Å²) in [6, 6.07) is 10.3. The minimum absolute atomic E-state index is 0.124. The Morgan fingerprint density at radius 2 is 2.04 bits per heavy atom. The standard InChI is InChI=1S/C17H19N5O3/c1-11(2)16-18-14(20-25-16)10-21(3)17(24)13-9-15(23)22(19-13)12-7-5-4-6-8-12/h4-9,11,19H,10H2,1-3H3. The summed E-state index contributed by atoms with van der Waals surface area (Å²) in [6.07, 6.45) is 0. The number of hydrogen-bond donors (Lipinski definition) is 1. The van der Waals surface area contributed by atoms with Crippen LogP contribution in [0.2, 0.25) is 0 Å². The number of aromatic amines is 1. The fourth-order valence-electron chi connectivity index (χ4n) is 2.33. The molecular formula is C17H19N5O3. The number of carbonyl (C=O) groups excluding carboxylic acids is 1. The summed E-state index contributed by atoms with van der Waals surface area (Å²) < 4.78 is 6.46. The highest BCUT2D eigenvalue weighted by Gasteiger charge is 2.19. The zero-order valence-electron chi connectivity index (χ0n) is 14.3. The van der Waals surface area contributed by atoms with Gasteiger partial charge in [0.2, 0.25) is 5.89 Å². The molecular weight excluding hydrogens is 322 g/mol. The van der Waals surface area contributed by atoms with Gasteiger partial charge in [-0.2, -0.15) is 4.98 Å². The lowest BCUT2D eigenvalue weighted by Gasteiger charge is -2.13. The van der Waals surface area contributed by atoms with Gasteiger partial charge in [-0.25, -0.2) is 4.68 Å². The van der Waals surface area contributed by atoms with Crippen LogP contribution in [-0.2, 0) is 6.54 Å². The van der Waals surface area contributed by atoms with E-state index in [-0.39, 0.29) is 29.6 Å². The van der Waals surface area contributed by atoms with Crippen molar-refractivity contribution >= 4 is 5.91 Å². The number of aromatic nitrogens is 4. The topological polar surface area (TPSA) is 97.0 Å². The van der Waals surface area contributed by atoms with Crippen molar-refractivity contribution < 1.29 is 9.32 Å². The number of nitrogens with zero attached hydrogens (tertiary/aromatic N) is 4. The molecule has 0 aliphatic heterocycles. The van der Waals surface area contributed by atoms with Gasteiger partial charge < -0.3 is 9.42 Å². The third-order valence-corrected chi connectivity index (χ3v) is 3.67. The molecule has 1 amide bonds. The predicted octanol–water partition coefficient (Wildman–Crippen LogP) is 1.94. The number of rotatable bonds is 5. The highest BCUT2D eigenvalue weighted by molar-refractivity contribution is 5.92. The lowest BCUT2D eigenvalue weighted by atomic mass is 10.2.